The summed E-state index contributed by atoms with van der Waals surface area (Å²) in [7, 11) is 0. The van der Waals surface area contributed by atoms with E-state index in [2.05, 4.69) is 20.1 Å². The molecule has 0 bridgehead atoms. The van der Waals surface area contributed by atoms with Gasteiger partial charge in [-0.2, -0.15) is 10.2 Å². The van der Waals surface area contributed by atoms with E-state index in [1.807, 2.05) is 27.8 Å². The Labute approximate surface area is 106 Å². The lowest BCUT2D eigenvalue weighted by Crippen LogP contribution is -2.35. The Bertz CT molecular complexity index is 449. The highest BCUT2D eigenvalue weighted by molar-refractivity contribution is 4.83. The molecular formula is C12H18N6. The van der Waals surface area contributed by atoms with Crippen LogP contribution in [0, 0.1) is 0 Å². The van der Waals surface area contributed by atoms with Crippen LogP contribution in [-0.4, -0.2) is 48.6 Å². The van der Waals surface area contributed by atoms with Crippen LogP contribution in [0.25, 0.3) is 0 Å². The molecule has 6 nitrogen and oxygen atoms in total. The van der Waals surface area contributed by atoms with Crippen molar-refractivity contribution in [3.8, 4) is 0 Å². The van der Waals surface area contributed by atoms with E-state index in [1.165, 1.54) is 19.4 Å². The molecule has 0 radical (unpaired) electrons. The number of aromatic nitrogens is 5. The van der Waals surface area contributed by atoms with Crippen molar-refractivity contribution in [1.82, 2.24) is 29.4 Å². The molecule has 6 heteroatoms. The zero-order chi connectivity index (χ0) is 12.2. The number of nitrogens with zero attached hydrogens (tertiary/aromatic N) is 6. The molecule has 2 aromatic heterocycles. The zero-order valence-electron chi connectivity index (χ0n) is 10.4. The van der Waals surface area contributed by atoms with Gasteiger partial charge in [0.1, 0.15) is 12.7 Å². The Morgan fingerprint density at radius 2 is 2.17 bits per heavy atom. The van der Waals surface area contributed by atoms with E-state index in [0.717, 1.165) is 19.6 Å². The smallest absolute Gasteiger partial charge is 0.137 e. The highest BCUT2D eigenvalue weighted by atomic mass is 15.3. The minimum Gasteiger partial charge on any atom is -0.297 e. The third-order valence-electron chi connectivity index (χ3n) is 3.54. The first-order chi connectivity index (χ1) is 8.92. The van der Waals surface area contributed by atoms with Crippen molar-refractivity contribution in [1.29, 1.82) is 0 Å². The van der Waals surface area contributed by atoms with Crippen molar-refractivity contribution in [3.63, 3.8) is 0 Å². The second-order valence-electron chi connectivity index (χ2n) is 4.72. The highest BCUT2D eigenvalue weighted by Gasteiger charge is 2.24. The Balaban J connectivity index is 1.54. The van der Waals surface area contributed by atoms with Crippen LogP contribution in [0.5, 0.6) is 0 Å². The van der Waals surface area contributed by atoms with Crippen molar-refractivity contribution in [3.05, 3.63) is 31.1 Å². The third kappa shape index (κ3) is 2.59. The number of hydrogen-bond acceptors (Lipinski definition) is 4. The topological polar surface area (TPSA) is 51.8 Å². The number of likely N-dealkylation sites (tertiary alicyclic amines) is 1. The molecule has 18 heavy (non-hydrogen) atoms. The predicted octanol–water partition coefficient (Wildman–Crippen LogP) is 0.639. The van der Waals surface area contributed by atoms with Crippen LogP contribution in [0.4, 0.5) is 0 Å². The van der Waals surface area contributed by atoms with Crippen molar-refractivity contribution in [2.45, 2.75) is 32.0 Å². The molecule has 1 saturated heterocycles. The lowest BCUT2D eigenvalue weighted by Gasteiger charge is -2.24. The fourth-order valence-electron chi connectivity index (χ4n) is 2.60. The second kappa shape index (κ2) is 5.30. The molecule has 0 aromatic carbocycles. The minimum absolute atomic E-state index is 0.605. The van der Waals surface area contributed by atoms with Gasteiger partial charge in [0.25, 0.3) is 0 Å². The summed E-state index contributed by atoms with van der Waals surface area (Å²) in [6.07, 6.45) is 9.78. The molecule has 1 aliphatic heterocycles. The maximum absolute atomic E-state index is 4.29. The first-order valence-electron chi connectivity index (χ1n) is 6.46. The quantitative estimate of drug-likeness (QED) is 0.777. The summed E-state index contributed by atoms with van der Waals surface area (Å²) in [5.41, 5.74) is 0. The SMILES string of the molecule is c1cnn(CC2CCCN2CCn2cncn2)c1. The monoisotopic (exact) mass is 246 g/mol. The largest absolute Gasteiger partial charge is 0.297 e. The van der Waals surface area contributed by atoms with E-state index < -0.39 is 0 Å². The summed E-state index contributed by atoms with van der Waals surface area (Å²) in [6.45, 7) is 4.12. The lowest BCUT2D eigenvalue weighted by atomic mass is 10.2. The average Bonchev–Trinajstić information content (AvgIpc) is 3.10. The van der Waals surface area contributed by atoms with Gasteiger partial charge >= 0.3 is 0 Å². The van der Waals surface area contributed by atoms with E-state index in [1.54, 1.807) is 12.7 Å². The van der Waals surface area contributed by atoms with Crippen LogP contribution in [0.1, 0.15) is 12.8 Å². The molecule has 0 spiro atoms. The van der Waals surface area contributed by atoms with E-state index >= 15 is 0 Å². The summed E-state index contributed by atoms with van der Waals surface area (Å²) in [5, 5.41) is 8.43. The van der Waals surface area contributed by atoms with Crippen molar-refractivity contribution >= 4 is 0 Å². The van der Waals surface area contributed by atoms with Crippen LogP contribution in [0.15, 0.2) is 31.1 Å². The number of hydrogen-bond donors (Lipinski definition) is 0. The summed E-state index contributed by atoms with van der Waals surface area (Å²) < 4.78 is 3.92. The van der Waals surface area contributed by atoms with E-state index in [-0.39, 0.29) is 0 Å². The van der Waals surface area contributed by atoms with Crippen molar-refractivity contribution in [2.75, 3.05) is 13.1 Å². The van der Waals surface area contributed by atoms with Gasteiger partial charge in [-0.3, -0.25) is 14.3 Å². The molecule has 0 aliphatic carbocycles. The van der Waals surface area contributed by atoms with Gasteiger partial charge in [0.2, 0.25) is 0 Å². The Morgan fingerprint density at radius 1 is 1.17 bits per heavy atom. The second-order valence-corrected chi connectivity index (χ2v) is 4.72. The first-order valence-corrected chi connectivity index (χ1v) is 6.46. The van der Waals surface area contributed by atoms with E-state index in [4.69, 9.17) is 0 Å². The maximum atomic E-state index is 4.29. The Hall–Kier alpha value is -1.69. The van der Waals surface area contributed by atoms with Crippen molar-refractivity contribution in [2.24, 2.45) is 0 Å². The molecule has 3 heterocycles. The molecular weight excluding hydrogens is 228 g/mol. The molecule has 1 aliphatic rings. The standard InChI is InChI=1S/C12H18N6/c1-3-12(9-17-6-2-4-14-17)16(5-1)7-8-18-11-13-10-15-18/h2,4,6,10-12H,1,3,5,7-9H2. The van der Waals surface area contributed by atoms with Gasteiger partial charge < -0.3 is 0 Å². The number of rotatable bonds is 5. The van der Waals surface area contributed by atoms with Crippen LogP contribution in [0.3, 0.4) is 0 Å². The molecule has 1 fully saturated rings. The molecule has 0 amide bonds. The van der Waals surface area contributed by atoms with Crippen LogP contribution < -0.4 is 0 Å². The Kier molecular flexibility index (Phi) is 3.36. The lowest BCUT2D eigenvalue weighted by molar-refractivity contribution is 0.216. The van der Waals surface area contributed by atoms with Gasteiger partial charge in [-0.1, -0.05) is 0 Å². The molecule has 0 N–H and O–H groups in total. The summed E-state index contributed by atoms with van der Waals surface area (Å²) in [5.74, 6) is 0. The van der Waals surface area contributed by atoms with Crippen LogP contribution in [-0.2, 0) is 13.1 Å². The van der Waals surface area contributed by atoms with Gasteiger partial charge in [0.15, 0.2) is 0 Å². The molecule has 1 atom stereocenters. The molecule has 3 rings (SSSR count). The normalized spacial score (nSPS) is 20.6. The summed E-state index contributed by atoms with van der Waals surface area (Å²) in [4.78, 5) is 6.50. The predicted molar refractivity (Wildman–Crippen MR) is 66.8 cm³/mol. The average molecular weight is 246 g/mol. The van der Waals surface area contributed by atoms with Gasteiger partial charge in [-0.25, -0.2) is 4.98 Å². The minimum atomic E-state index is 0.605. The Morgan fingerprint density at radius 3 is 2.94 bits per heavy atom. The molecule has 1 unspecified atom stereocenters. The van der Waals surface area contributed by atoms with E-state index in [9.17, 15) is 0 Å². The summed E-state index contributed by atoms with van der Waals surface area (Å²) in [6, 6.07) is 2.59. The fraction of sp³-hybridized carbons (Fsp3) is 0.583. The maximum Gasteiger partial charge on any atom is 0.137 e. The van der Waals surface area contributed by atoms with E-state index in [0.29, 0.717) is 6.04 Å². The van der Waals surface area contributed by atoms with Gasteiger partial charge in [0, 0.05) is 25.0 Å². The first kappa shape index (κ1) is 11.4. The van der Waals surface area contributed by atoms with Gasteiger partial charge in [0.05, 0.1) is 13.1 Å². The summed E-state index contributed by atoms with van der Waals surface area (Å²) >= 11 is 0. The zero-order valence-corrected chi connectivity index (χ0v) is 10.4. The van der Waals surface area contributed by atoms with Gasteiger partial charge in [-0.15, -0.1) is 0 Å². The van der Waals surface area contributed by atoms with Crippen LogP contribution in [0.2, 0.25) is 0 Å². The van der Waals surface area contributed by atoms with Crippen molar-refractivity contribution < 1.29 is 0 Å². The van der Waals surface area contributed by atoms with Crippen LogP contribution >= 0.6 is 0 Å². The van der Waals surface area contributed by atoms with Gasteiger partial charge in [-0.05, 0) is 25.5 Å². The molecule has 96 valence electrons. The fourth-order valence-corrected chi connectivity index (χ4v) is 2.60. The molecule has 0 saturated carbocycles. The third-order valence-corrected chi connectivity index (χ3v) is 3.54. The highest BCUT2D eigenvalue weighted by Crippen LogP contribution is 2.18. The molecule has 2 aromatic rings.